The zero-order valence-corrected chi connectivity index (χ0v) is 12.6. The van der Waals surface area contributed by atoms with Crippen LogP contribution in [-0.4, -0.2) is 23.7 Å². The van der Waals surface area contributed by atoms with Crippen LogP contribution in [0.2, 0.25) is 0 Å². The maximum Gasteiger partial charge on any atom is 0.223 e. The molecule has 3 nitrogen and oxygen atoms in total. The Balaban J connectivity index is 2.35. The van der Waals surface area contributed by atoms with Gasteiger partial charge in [-0.05, 0) is 18.4 Å². The molecule has 0 aliphatic carbocycles. The number of amides is 1. The number of hydrogen-bond acceptors (Lipinski definition) is 2. The molecule has 0 fully saturated rings. The van der Waals surface area contributed by atoms with Crippen molar-refractivity contribution in [2.45, 2.75) is 52.1 Å². The van der Waals surface area contributed by atoms with Gasteiger partial charge in [-0.25, -0.2) is 0 Å². The van der Waals surface area contributed by atoms with E-state index >= 15 is 0 Å². The number of aliphatic hydroxyl groups excluding tert-OH is 1. The lowest BCUT2D eigenvalue weighted by atomic mass is 9.97. The van der Waals surface area contributed by atoms with Crippen LogP contribution >= 0.6 is 0 Å². The quantitative estimate of drug-likeness (QED) is 0.729. The molecular weight excluding hydrogens is 250 g/mol. The maximum atomic E-state index is 12.1. The summed E-state index contributed by atoms with van der Waals surface area (Å²) >= 11 is 0. The number of aliphatic hydroxyl groups is 1. The van der Waals surface area contributed by atoms with E-state index in [0.717, 1.165) is 31.2 Å². The molecule has 3 heteroatoms. The van der Waals surface area contributed by atoms with E-state index in [4.69, 9.17) is 0 Å². The Labute approximate surface area is 122 Å². The standard InChI is InChI=1S/C17H27NO2/c1-3-8-15(9-4-2)17(20)18-13-16(19)12-14-10-6-5-7-11-14/h5-7,10-11,15-16,19H,3-4,8-9,12-13H2,1-2H3,(H,18,20). The van der Waals surface area contributed by atoms with E-state index in [0.29, 0.717) is 13.0 Å². The van der Waals surface area contributed by atoms with E-state index in [-0.39, 0.29) is 11.8 Å². The van der Waals surface area contributed by atoms with E-state index < -0.39 is 6.10 Å². The summed E-state index contributed by atoms with van der Waals surface area (Å²) in [4.78, 5) is 12.1. The monoisotopic (exact) mass is 277 g/mol. The Morgan fingerprint density at radius 1 is 1.15 bits per heavy atom. The van der Waals surface area contributed by atoms with Crippen LogP contribution in [0.4, 0.5) is 0 Å². The summed E-state index contributed by atoms with van der Waals surface area (Å²) in [6, 6.07) is 9.85. The van der Waals surface area contributed by atoms with Crippen molar-refractivity contribution in [2.75, 3.05) is 6.54 Å². The highest BCUT2D eigenvalue weighted by Crippen LogP contribution is 2.13. The molecule has 1 rings (SSSR count). The van der Waals surface area contributed by atoms with Crippen LogP contribution in [0.5, 0.6) is 0 Å². The predicted molar refractivity (Wildman–Crippen MR) is 82.5 cm³/mol. The molecule has 1 amide bonds. The van der Waals surface area contributed by atoms with Gasteiger partial charge in [-0.3, -0.25) is 4.79 Å². The minimum absolute atomic E-state index is 0.0841. The fourth-order valence-electron chi connectivity index (χ4n) is 2.42. The molecule has 2 N–H and O–H groups in total. The number of hydrogen-bond donors (Lipinski definition) is 2. The van der Waals surface area contributed by atoms with Gasteiger partial charge < -0.3 is 10.4 Å². The summed E-state index contributed by atoms with van der Waals surface area (Å²) in [5.41, 5.74) is 1.09. The molecule has 0 aromatic heterocycles. The molecule has 0 saturated heterocycles. The summed E-state index contributed by atoms with van der Waals surface area (Å²) in [5, 5.41) is 12.9. The highest BCUT2D eigenvalue weighted by molar-refractivity contribution is 5.78. The summed E-state index contributed by atoms with van der Waals surface area (Å²) in [6.07, 6.45) is 3.94. The fraction of sp³-hybridized carbons (Fsp3) is 0.588. The molecule has 0 radical (unpaired) electrons. The topological polar surface area (TPSA) is 49.3 Å². The second-order valence-corrected chi connectivity index (χ2v) is 5.36. The van der Waals surface area contributed by atoms with E-state index in [1.54, 1.807) is 0 Å². The van der Waals surface area contributed by atoms with Gasteiger partial charge in [0.15, 0.2) is 0 Å². The first-order valence-electron chi connectivity index (χ1n) is 7.67. The van der Waals surface area contributed by atoms with Crippen LogP contribution in [-0.2, 0) is 11.2 Å². The van der Waals surface area contributed by atoms with Crippen molar-refractivity contribution >= 4 is 5.91 Å². The van der Waals surface area contributed by atoms with Crippen molar-refractivity contribution in [1.29, 1.82) is 0 Å². The number of carbonyl (C=O) groups excluding carboxylic acids is 1. The Morgan fingerprint density at radius 3 is 2.30 bits per heavy atom. The fourth-order valence-corrected chi connectivity index (χ4v) is 2.42. The van der Waals surface area contributed by atoms with E-state index in [9.17, 15) is 9.90 Å². The number of benzene rings is 1. The van der Waals surface area contributed by atoms with Crippen molar-refractivity contribution in [3.05, 3.63) is 35.9 Å². The van der Waals surface area contributed by atoms with Crippen LogP contribution < -0.4 is 5.32 Å². The van der Waals surface area contributed by atoms with Crippen molar-refractivity contribution < 1.29 is 9.90 Å². The van der Waals surface area contributed by atoms with Crippen LogP contribution in [0.15, 0.2) is 30.3 Å². The molecule has 0 saturated carbocycles. The zero-order valence-electron chi connectivity index (χ0n) is 12.6. The molecule has 1 aromatic carbocycles. The van der Waals surface area contributed by atoms with Crippen molar-refractivity contribution in [1.82, 2.24) is 5.32 Å². The van der Waals surface area contributed by atoms with E-state index in [2.05, 4.69) is 19.2 Å². The lowest BCUT2D eigenvalue weighted by Gasteiger charge is -2.17. The first-order valence-corrected chi connectivity index (χ1v) is 7.67. The molecule has 0 bridgehead atoms. The van der Waals surface area contributed by atoms with Crippen molar-refractivity contribution in [3.63, 3.8) is 0 Å². The SMILES string of the molecule is CCCC(CCC)C(=O)NCC(O)Cc1ccccc1. The summed E-state index contributed by atoms with van der Waals surface area (Å²) in [5.74, 6) is 0.176. The van der Waals surface area contributed by atoms with E-state index in [1.807, 2.05) is 30.3 Å². The minimum atomic E-state index is -0.523. The molecule has 1 atom stereocenters. The molecule has 112 valence electrons. The van der Waals surface area contributed by atoms with Gasteiger partial charge in [0.25, 0.3) is 0 Å². The highest BCUT2D eigenvalue weighted by Gasteiger charge is 2.17. The van der Waals surface area contributed by atoms with Gasteiger partial charge in [0.1, 0.15) is 0 Å². The van der Waals surface area contributed by atoms with Gasteiger partial charge in [0, 0.05) is 18.9 Å². The van der Waals surface area contributed by atoms with Crippen LogP contribution in [0, 0.1) is 5.92 Å². The third-order valence-corrected chi connectivity index (χ3v) is 3.47. The average Bonchev–Trinajstić information content (AvgIpc) is 2.45. The number of rotatable bonds is 9. The maximum absolute atomic E-state index is 12.1. The van der Waals surface area contributed by atoms with Gasteiger partial charge in [0.05, 0.1) is 6.10 Å². The smallest absolute Gasteiger partial charge is 0.223 e. The molecule has 0 aliphatic rings. The van der Waals surface area contributed by atoms with Crippen molar-refractivity contribution in [3.8, 4) is 0 Å². The molecule has 0 spiro atoms. The van der Waals surface area contributed by atoms with Gasteiger partial charge in [0.2, 0.25) is 5.91 Å². The Morgan fingerprint density at radius 2 is 1.75 bits per heavy atom. The first kappa shape index (κ1) is 16.7. The molecule has 0 aliphatic heterocycles. The first-order chi connectivity index (χ1) is 9.67. The third kappa shape index (κ3) is 6.20. The molecule has 20 heavy (non-hydrogen) atoms. The number of nitrogens with one attached hydrogen (secondary N) is 1. The predicted octanol–water partition coefficient (Wildman–Crippen LogP) is 2.92. The van der Waals surface area contributed by atoms with Gasteiger partial charge >= 0.3 is 0 Å². The van der Waals surface area contributed by atoms with Gasteiger partial charge in [-0.1, -0.05) is 57.0 Å². The molecule has 1 unspecified atom stereocenters. The lowest BCUT2D eigenvalue weighted by molar-refractivity contribution is -0.125. The highest BCUT2D eigenvalue weighted by atomic mass is 16.3. The van der Waals surface area contributed by atoms with Crippen LogP contribution in [0.25, 0.3) is 0 Å². The Hall–Kier alpha value is -1.35. The molecular formula is C17H27NO2. The minimum Gasteiger partial charge on any atom is -0.391 e. The second-order valence-electron chi connectivity index (χ2n) is 5.36. The van der Waals surface area contributed by atoms with Crippen LogP contribution in [0.1, 0.15) is 45.1 Å². The molecule has 1 aromatic rings. The largest absolute Gasteiger partial charge is 0.391 e. The van der Waals surface area contributed by atoms with Crippen molar-refractivity contribution in [2.24, 2.45) is 5.92 Å². The summed E-state index contributed by atoms with van der Waals surface area (Å²) in [7, 11) is 0. The second kappa shape index (κ2) is 9.54. The van der Waals surface area contributed by atoms with Gasteiger partial charge in [-0.2, -0.15) is 0 Å². The summed E-state index contributed by atoms with van der Waals surface area (Å²) in [6.45, 7) is 4.53. The summed E-state index contributed by atoms with van der Waals surface area (Å²) < 4.78 is 0. The van der Waals surface area contributed by atoms with Gasteiger partial charge in [-0.15, -0.1) is 0 Å². The van der Waals surface area contributed by atoms with E-state index in [1.165, 1.54) is 0 Å². The third-order valence-electron chi connectivity index (χ3n) is 3.47. The zero-order chi connectivity index (χ0) is 14.8. The Bertz CT molecular complexity index is 372. The molecule has 0 heterocycles. The average molecular weight is 277 g/mol. The normalized spacial score (nSPS) is 12.4. The Kier molecular flexibility index (Phi) is 7.97. The number of carbonyl (C=O) groups is 1. The lowest BCUT2D eigenvalue weighted by Crippen LogP contribution is -2.37. The van der Waals surface area contributed by atoms with Crippen LogP contribution in [0.3, 0.4) is 0 Å².